The number of hydrogen-bond acceptors (Lipinski definition) is 4. The maximum Gasteiger partial charge on any atom is 0.169 e. The fraction of sp³-hybridized carbons (Fsp3) is 0.0233. The van der Waals surface area contributed by atoms with E-state index in [-0.39, 0.29) is 0 Å². The molecule has 0 aliphatic carbocycles. The molecule has 0 spiro atoms. The molecule has 4 heteroatoms. The van der Waals surface area contributed by atoms with Gasteiger partial charge in [-0.15, -0.1) is 0 Å². The summed E-state index contributed by atoms with van der Waals surface area (Å²) >= 11 is 0. The second kappa shape index (κ2) is 11.3. The molecule has 1 unspecified atom stereocenters. The smallest absolute Gasteiger partial charge is 0.169 e. The Morgan fingerprint density at radius 3 is 1.89 bits per heavy atom. The molecule has 1 aliphatic rings. The molecule has 222 valence electrons. The predicted octanol–water partition coefficient (Wildman–Crippen LogP) is 10.6. The molecular weight excluding hydrogens is 574 g/mol. The Morgan fingerprint density at radius 1 is 0.447 bits per heavy atom. The van der Waals surface area contributed by atoms with E-state index in [2.05, 4.69) is 133 Å². The molecule has 1 aliphatic heterocycles. The highest BCUT2D eigenvalue weighted by molar-refractivity contribution is 6.26. The molecule has 0 amide bonds. The average Bonchev–Trinajstić information content (AvgIpc) is 3.54. The predicted molar refractivity (Wildman–Crippen MR) is 194 cm³/mol. The quantitative estimate of drug-likeness (QED) is 0.213. The van der Waals surface area contributed by atoms with Crippen molar-refractivity contribution in [2.75, 3.05) is 0 Å². The van der Waals surface area contributed by atoms with Crippen LogP contribution in [0, 0.1) is 0 Å². The Morgan fingerprint density at radius 2 is 1.09 bits per heavy atom. The molecule has 0 bridgehead atoms. The van der Waals surface area contributed by atoms with E-state index in [0.717, 1.165) is 67.0 Å². The summed E-state index contributed by atoms with van der Waals surface area (Å²) in [5, 5.41) is 8.15. The molecule has 0 fully saturated rings. The summed E-state index contributed by atoms with van der Waals surface area (Å²) in [6.45, 7) is 0. The zero-order valence-corrected chi connectivity index (χ0v) is 25.5. The highest BCUT2D eigenvalue weighted by atomic mass is 16.3. The summed E-state index contributed by atoms with van der Waals surface area (Å²) in [5.41, 5.74) is 9.25. The number of nitrogens with one attached hydrogen (secondary N) is 1. The number of para-hydroxylation sites is 1. The number of rotatable bonds is 5. The second-order valence-electron chi connectivity index (χ2n) is 11.8. The Hall–Kier alpha value is -6.26. The third kappa shape index (κ3) is 4.79. The monoisotopic (exact) mass is 603 g/mol. The molecule has 0 saturated heterocycles. The Labute approximate surface area is 272 Å². The molecule has 1 N–H and O–H groups in total. The van der Waals surface area contributed by atoms with Gasteiger partial charge in [0, 0.05) is 21.9 Å². The number of hydrogen-bond donors (Lipinski definition) is 1. The number of fused-ring (bicyclic) bond motifs is 4. The number of nitrogens with zero attached hydrogens (tertiary/aromatic N) is 2. The first kappa shape index (κ1) is 27.1. The highest BCUT2D eigenvalue weighted by Crippen LogP contribution is 2.40. The number of furan rings is 1. The van der Waals surface area contributed by atoms with Crippen LogP contribution in [0.5, 0.6) is 0 Å². The molecule has 1 aromatic heterocycles. The van der Waals surface area contributed by atoms with E-state index < -0.39 is 6.17 Å². The van der Waals surface area contributed by atoms with Crippen LogP contribution in [0.3, 0.4) is 0 Å². The highest BCUT2D eigenvalue weighted by Gasteiger charge is 2.26. The van der Waals surface area contributed by atoms with Gasteiger partial charge in [0.15, 0.2) is 6.17 Å². The lowest BCUT2D eigenvalue weighted by Gasteiger charge is -2.24. The zero-order valence-electron chi connectivity index (χ0n) is 25.5. The van der Waals surface area contributed by atoms with Gasteiger partial charge in [0.2, 0.25) is 0 Å². The largest absolute Gasteiger partial charge is 0.456 e. The molecule has 9 rings (SSSR count). The Balaban J connectivity index is 1.29. The van der Waals surface area contributed by atoms with Gasteiger partial charge in [0.25, 0.3) is 0 Å². The van der Waals surface area contributed by atoms with E-state index in [1.807, 2.05) is 36.4 Å². The first-order valence-corrected chi connectivity index (χ1v) is 15.9. The second-order valence-corrected chi connectivity index (χ2v) is 11.8. The number of benzene rings is 7. The molecule has 47 heavy (non-hydrogen) atoms. The fourth-order valence-corrected chi connectivity index (χ4v) is 6.69. The van der Waals surface area contributed by atoms with E-state index >= 15 is 0 Å². The van der Waals surface area contributed by atoms with Crippen LogP contribution in [0.2, 0.25) is 0 Å². The van der Waals surface area contributed by atoms with E-state index in [0.29, 0.717) is 0 Å². The number of amidine groups is 2. The van der Waals surface area contributed by atoms with E-state index in [9.17, 15) is 0 Å². The third-order valence-electron chi connectivity index (χ3n) is 8.96. The van der Waals surface area contributed by atoms with E-state index in [1.165, 1.54) is 16.3 Å². The standard InChI is InChI=1S/C43H29N3O/c1-3-12-28(13-4-1)29-22-24-32(25-23-29)42-44-41(31-15-5-2-6-16-31)45-43(46-42)40-35(34-20-11-17-30-14-7-8-18-33(30)34)26-27-38-39(40)36-19-9-10-21-37(36)47-38/h1-27,42H,(H,44,45,46). The minimum absolute atomic E-state index is 0.444. The van der Waals surface area contributed by atoms with Gasteiger partial charge in [-0.05, 0) is 56.8 Å². The van der Waals surface area contributed by atoms with Crippen LogP contribution >= 0.6 is 0 Å². The lowest BCUT2D eigenvalue weighted by molar-refractivity contribution is 0.669. The zero-order chi connectivity index (χ0) is 31.2. The van der Waals surface area contributed by atoms with Crippen molar-refractivity contribution in [3.8, 4) is 22.3 Å². The minimum atomic E-state index is -0.444. The van der Waals surface area contributed by atoms with Gasteiger partial charge >= 0.3 is 0 Å². The molecule has 2 heterocycles. The third-order valence-corrected chi connectivity index (χ3v) is 8.96. The SMILES string of the molecule is c1ccc(C2=NC(c3ccc(-c4ccccc4)cc3)N=C(c3c(-c4cccc5ccccc45)ccc4oc5ccccc5c34)N2)cc1. The average molecular weight is 604 g/mol. The van der Waals surface area contributed by atoms with Crippen LogP contribution in [0.4, 0.5) is 0 Å². The lowest BCUT2D eigenvalue weighted by atomic mass is 9.91. The van der Waals surface area contributed by atoms with E-state index in [4.69, 9.17) is 14.4 Å². The van der Waals surface area contributed by atoms with E-state index in [1.54, 1.807) is 0 Å². The van der Waals surface area contributed by atoms with Crippen LogP contribution < -0.4 is 5.32 Å². The molecule has 0 radical (unpaired) electrons. The molecule has 7 aromatic carbocycles. The Bertz CT molecular complexity index is 2470. The van der Waals surface area contributed by atoms with Crippen molar-refractivity contribution < 1.29 is 4.42 Å². The van der Waals surface area contributed by atoms with Gasteiger partial charge in [0.1, 0.15) is 22.8 Å². The molecule has 4 nitrogen and oxygen atoms in total. The fourth-order valence-electron chi connectivity index (χ4n) is 6.69. The summed E-state index contributed by atoms with van der Waals surface area (Å²) in [6, 6.07) is 56.9. The molecular formula is C43H29N3O. The lowest BCUT2D eigenvalue weighted by Crippen LogP contribution is -2.36. The van der Waals surface area contributed by atoms with Gasteiger partial charge < -0.3 is 9.73 Å². The summed E-state index contributed by atoms with van der Waals surface area (Å²) in [4.78, 5) is 10.6. The van der Waals surface area contributed by atoms with Crippen molar-refractivity contribution in [1.82, 2.24) is 5.32 Å². The minimum Gasteiger partial charge on any atom is -0.456 e. The van der Waals surface area contributed by atoms with Crippen molar-refractivity contribution in [3.63, 3.8) is 0 Å². The van der Waals surface area contributed by atoms with Crippen LogP contribution in [0.25, 0.3) is 55.0 Å². The van der Waals surface area contributed by atoms with Crippen molar-refractivity contribution in [3.05, 3.63) is 180 Å². The van der Waals surface area contributed by atoms with Crippen molar-refractivity contribution in [2.45, 2.75) is 6.17 Å². The molecule has 8 aromatic rings. The van der Waals surface area contributed by atoms with Gasteiger partial charge in [-0.25, -0.2) is 9.98 Å². The number of aliphatic imine (C=N–C) groups is 2. The first-order chi connectivity index (χ1) is 23.3. The molecule has 0 saturated carbocycles. The van der Waals surface area contributed by atoms with Crippen LogP contribution in [0.1, 0.15) is 22.9 Å². The summed E-state index contributed by atoms with van der Waals surface area (Å²) in [6.07, 6.45) is -0.444. The van der Waals surface area contributed by atoms with Crippen LogP contribution in [-0.4, -0.2) is 11.7 Å². The van der Waals surface area contributed by atoms with Crippen LogP contribution in [0.15, 0.2) is 178 Å². The first-order valence-electron chi connectivity index (χ1n) is 15.9. The van der Waals surface area contributed by atoms with Gasteiger partial charge in [-0.1, -0.05) is 146 Å². The van der Waals surface area contributed by atoms with Gasteiger partial charge in [0.05, 0.1) is 0 Å². The van der Waals surface area contributed by atoms with Crippen molar-refractivity contribution in [2.24, 2.45) is 9.98 Å². The summed E-state index contributed by atoms with van der Waals surface area (Å²) < 4.78 is 6.43. The normalized spacial score (nSPS) is 14.6. The maximum atomic E-state index is 6.43. The van der Waals surface area contributed by atoms with Gasteiger partial charge in [-0.2, -0.15) is 0 Å². The summed E-state index contributed by atoms with van der Waals surface area (Å²) in [7, 11) is 0. The van der Waals surface area contributed by atoms with Gasteiger partial charge in [-0.3, -0.25) is 0 Å². The van der Waals surface area contributed by atoms with Crippen molar-refractivity contribution in [1.29, 1.82) is 0 Å². The maximum absolute atomic E-state index is 6.43. The Kier molecular flexibility index (Phi) is 6.50. The topological polar surface area (TPSA) is 49.9 Å². The van der Waals surface area contributed by atoms with Crippen LogP contribution in [-0.2, 0) is 0 Å². The molecule has 1 atom stereocenters. The summed E-state index contributed by atoms with van der Waals surface area (Å²) in [5.74, 6) is 1.54. The van der Waals surface area contributed by atoms with Crippen molar-refractivity contribution >= 4 is 44.4 Å².